The number of rotatable bonds is 13. The molecular weight excluding hydrogens is 408 g/mol. The van der Waals surface area contributed by atoms with Crippen LogP contribution in [0.3, 0.4) is 0 Å². The number of carbonyl (C=O) groups is 4. The molecule has 1 saturated carbocycles. The van der Waals surface area contributed by atoms with E-state index < -0.39 is 0 Å². The van der Waals surface area contributed by atoms with E-state index in [9.17, 15) is 19.2 Å². The van der Waals surface area contributed by atoms with Gasteiger partial charge in [0.05, 0.1) is 31.4 Å². The predicted octanol–water partition coefficient (Wildman–Crippen LogP) is 2.55. The standard InChI is InChI=1S/C25H34N2O5/c1-3-5-16-32-21(29)12-15-26(13-4-2)20(28)9-7-6-8-14-27-24(30)22-18-10-11-19(17-18)23(22)25(27)31/h2,10-11,18-19,22-23H,3,5-9,12-17H2,1H3/t18-,19+,22+,23-. The molecule has 3 aliphatic rings. The van der Waals surface area contributed by atoms with Gasteiger partial charge in [-0.2, -0.15) is 0 Å². The average Bonchev–Trinajstić information content (AvgIpc) is 3.46. The average molecular weight is 443 g/mol. The Labute approximate surface area is 190 Å². The number of likely N-dealkylation sites (tertiary alicyclic amines) is 1. The van der Waals surface area contributed by atoms with Crippen molar-refractivity contribution in [1.82, 2.24) is 9.80 Å². The molecule has 3 rings (SSSR count). The smallest absolute Gasteiger partial charge is 0.307 e. The van der Waals surface area contributed by atoms with Crippen molar-refractivity contribution < 1.29 is 23.9 Å². The summed E-state index contributed by atoms with van der Waals surface area (Å²) in [5.74, 6) is 2.20. The van der Waals surface area contributed by atoms with Crippen molar-refractivity contribution in [3.63, 3.8) is 0 Å². The van der Waals surface area contributed by atoms with Crippen LogP contribution < -0.4 is 0 Å². The topological polar surface area (TPSA) is 84.0 Å². The number of hydrogen-bond acceptors (Lipinski definition) is 5. The molecule has 0 aromatic rings. The third-order valence-electron chi connectivity index (χ3n) is 6.82. The van der Waals surface area contributed by atoms with Crippen LogP contribution >= 0.6 is 0 Å². The summed E-state index contributed by atoms with van der Waals surface area (Å²) in [4.78, 5) is 52.6. The van der Waals surface area contributed by atoms with Crippen molar-refractivity contribution in [1.29, 1.82) is 0 Å². The fraction of sp³-hybridized carbons (Fsp3) is 0.680. The molecule has 3 amide bonds. The first-order valence-electron chi connectivity index (χ1n) is 11.9. The molecule has 1 saturated heterocycles. The summed E-state index contributed by atoms with van der Waals surface area (Å²) < 4.78 is 5.12. The Morgan fingerprint density at radius 2 is 1.78 bits per heavy atom. The van der Waals surface area contributed by atoms with Gasteiger partial charge in [-0.1, -0.05) is 37.8 Å². The molecule has 1 heterocycles. The molecule has 0 unspecified atom stereocenters. The molecule has 1 aliphatic heterocycles. The second-order valence-electron chi connectivity index (χ2n) is 8.98. The molecule has 7 heteroatoms. The maximum Gasteiger partial charge on any atom is 0.307 e. The normalized spacial score (nSPS) is 25.2. The fourth-order valence-electron chi connectivity index (χ4n) is 5.10. The first kappa shape index (κ1) is 24.0. The molecule has 0 spiro atoms. The minimum atomic E-state index is -0.318. The van der Waals surface area contributed by atoms with Gasteiger partial charge in [-0.15, -0.1) is 6.42 Å². The Morgan fingerprint density at radius 3 is 2.41 bits per heavy atom. The predicted molar refractivity (Wildman–Crippen MR) is 119 cm³/mol. The van der Waals surface area contributed by atoms with Crippen LogP contribution in [-0.4, -0.2) is 59.7 Å². The number of carbonyl (C=O) groups excluding carboxylic acids is 4. The van der Waals surface area contributed by atoms with Crippen LogP contribution in [0.2, 0.25) is 0 Å². The molecule has 0 N–H and O–H groups in total. The monoisotopic (exact) mass is 442 g/mol. The lowest BCUT2D eigenvalue weighted by molar-refractivity contribution is -0.145. The zero-order valence-electron chi connectivity index (χ0n) is 19.0. The van der Waals surface area contributed by atoms with E-state index in [-0.39, 0.29) is 66.9 Å². The quantitative estimate of drug-likeness (QED) is 0.144. The van der Waals surface area contributed by atoms with Gasteiger partial charge in [0.25, 0.3) is 0 Å². The van der Waals surface area contributed by atoms with Crippen LogP contribution in [0, 0.1) is 36.0 Å². The number of fused-ring (bicyclic) bond motifs is 5. The van der Waals surface area contributed by atoms with E-state index in [0.29, 0.717) is 32.4 Å². The van der Waals surface area contributed by atoms with Crippen LogP contribution in [-0.2, 0) is 23.9 Å². The molecule has 7 nitrogen and oxygen atoms in total. The summed E-state index contributed by atoms with van der Waals surface area (Å²) in [6.45, 7) is 3.27. The van der Waals surface area contributed by atoms with Gasteiger partial charge in [0, 0.05) is 19.5 Å². The molecule has 0 aromatic carbocycles. The maximum absolute atomic E-state index is 12.7. The maximum atomic E-state index is 12.7. The van der Waals surface area contributed by atoms with Crippen molar-refractivity contribution in [3.05, 3.63) is 12.2 Å². The van der Waals surface area contributed by atoms with Crippen molar-refractivity contribution >= 4 is 23.7 Å². The molecule has 2 bridgehead atoms. The first-order chi connectivity index (χ1) is 15.5. The summed E-state index contributed by atoms with van der Waals surface area (Å²) >= 11 is 0. The van der Waals surface area contributed by atoms with Crippen LogP contribution in [0.5, 0.6) is 0 Å². The molecule has 0 aromatic heterocycles. The number of ether oxygens (including phenoxy) is 1. The fourth-order valence-corrected chi connectivity index (χ4v) is 5.10. The van der Waals surface area contributed by atoms with E-state index in [1.807, 2.05) is 6.92 Å². The molecule has 174 valence electrons. The summed E-state index contributed by atoms with van der Waals surface area (Å²) in [6.07, 6.45) is 14.8. The molecule has 0 radical (unpaired) electrons. The van der Waals surface area contributed by atoms with E-state index in [4.69, 9.17) is 11.2 Å². The van der Waals surface area contributed by atoms with Crippen molar-refractivity contribution in [2.24, 2.45) is 23.7 Å². The minimum Gasteiger partial charge on any atom is -0.466 e. The van der Waals surface area contributed by atoms with Gasteiger partial charge in [0.1, 0.15) is 0 Å². The van der Waals surface area contributed by atoms with E-state index in [0.717, 1.165) is 25.7 Å². The highest BCUT2D eigenvalue weighted by Gasteiger charge is 2.58. The van der Waals surface area contributed by atoms with E-state index in [1.165, 1.54) is 9.80 Å². The summed E-state index contributed by atoms with van der Waals surface area (Å²) in [5, 5.41) is 0. The SMILES string of the molecule is C#CCN(CCC(=O)OCCCC)C(=O)CCCCCN1C(=O)[C@@H]2[C@H](C1=O)[C@H]1C=C[C@@H]2C1. The van der Waals surface area contributed by atoms with Crippen LogP contribution in [0.25, 0.3) is 0 Å². The van der Waals surface area contributed by atoms with Crippen LogP contribution in [0.15, 0.2) is 12.2 Å². The van der Waals surface area contributed by atoms with Crippen molar-refractivity contribution in [3.8, 4) is 12.3 Å². The number of imide groups is 1. The van der Waals surface area contributed by atoms with Gasteiger partial charge in [-0.3, -0.25) is 24.1 Å². The van der Waals surface area contributed by atoms with Gasteiger partial charge in [-0.05, 0) is 37.5 Å². The van der Waals surface area contributed by atoms with Gasteiger partial charge in [0.15, 0.2) is 0 Å². The molecule has 2 fully saturated rings. The third kappa shape index (κ3) is 5.40. The van der Waals surface area contributed by atoms with Crippen molar-refractivity contribution in [2.75, 3.05) is 26.2 Å². The Kier molecular flexibility index (Phi) is 8.49. The Morgan fingerprint density at radius 1 is 1.09 bits per heavy atom. The number of terminal acetylenes is 1. The summed E-state index contributed by atoms with van der Waals surface area (Å²) in [7, 11) is 0. The largest absolute Gasteiger partial charge is 0.466 e. The summed E-state index contributed by atoms with van der Waals surface area (Å²) in [6, 6.07) is 0. The number of allylic oxidation sites excluding steroid dienone is 2. The highest BCUT2D eigenvalue weighted by molar-refractivity contribution is 6.06. The van der Waals surface area contributed by atoms with Crippen LogP contribution in [0.1, 0.15) is 58.3 Å². The van der Waals surface area contributed by atoms with Gasteiger partial charge in [0.2, 0.25) is 17.7 Å². The zero-order valence-corrected chi connectivity index (χ0v) is 19.0. The lowest BCUT2D eigenvalue weighted by Crippen LogP contribution is -2.34. The van der Waals surface area contributed by atoms with Gasteiger partial charge >= 0.3 is 5.97 Å². The van der Waals surface area contributed by atoms with Gasteiger partial charge in [-0.25, -0.2) is 0 Å². The molecule has 4 atom stereocenters. The number of unbranched alkanes of at least 4 members (excludes halogenated alkanes) is 3. The molecule has 32 heavy (non-hydrogen) atoms. The molecular formula is C25H34N2O5. The second-order valence-corrected chi connectivity index (χ2v) is 8.98. The van der Waals surface area contributed by atoms with E-state index in [2.05, 4.69) is 18.1 Å². The first-order valence-corrected chi connectivity index (χ1v) is 11.9. The van der Waals surface area contributed by atoms with Crippen molar-refractivity contribution in [2.45, 2.75) is 58.3 Å². The third-order valence-corrected chi connectivity index (χ3v) is 6.82. The Bertz CT molecular complexity index is 769. The Balaban J connectivity index is 1.34. The number of nitrogens with zero attached hydrogens (tertiary/aromatic N) is 2. The van der Waals surface area contributed by atoms with E-state index in [1.54, 1.807) is 0 Å². The Hall–Kier alpha value is -2.62. The van der Waals surface area contributed by atoms with E-state index >= 15 is 0 Å². The summed E-state index contributed by atoms with van der Waals surface area (Å²) in [5.41, 5.74) is 0. The second kappa shape index (κ2) is 11.3. The van der Waals surface area contributed by atoms with Gasteiger partial charge < -0.3 is 9.64 Å². The molecule has 2 aliphatic carbocycles. The highest BCUT2D eigenvalue weighted by atomic mass is 16.5. The lowest BCUT2D eigenvalue weighted by Gasteiger charge is -2.20. The minimum absolute atomic E-state index is 0.0149. The zero-order chi connectivity index (χ0) is 23.1. The highest BCUT2D eigenvalue weighted by Crippen LogP contribution is 2.52. The number of esters is 1. The number of amides is 3. The lowest BCUT2D eigenvalue weighted by atomic mass is 9.85. The number of hydrogen-bond donors (Lipinski definition) is 0. The van der Waals surface area contributed by atoms with Crippen LogP contribution in [0.4, 0.5) is 0 Å².